The van der Waals surface area contributed by atoms with E-state index in [4.69, 9.17) is 0 Å². The molecule has 2 unspecified atom stereocenters. The molecule has 1 N–H and O–H groups in total. The molecule has 118 valence electrons. The Balaban J connectivity index is 1.87. The molecule has 0 aliphatic carbocycles. The molecule has 2 amide bonds. The minimum Gasteiger partial charge on any atom is -0.323 e. The first-order chi connectivity index (χ1) is 11.1. The number of nitrogens with zero attached hydrogens (tertiary/aromatic N) is 1. The number of anilines is 1. The van der Waals surface area contributed by atoms with Crippen LogP contribution in [-0.2, 0) is 9.59 Å². The molecule has 1 aliphatic rings. The molecule has 2 aromatic carbocycles. The summed E-state index contributed by atoms with van der Waals surface area (Å²) in [5.41, 5.74) is 0.974. The third-order valence-electron chi connectivity index (χ3n) is 3.91. The van der Waals surface area contributed by atoms with Crippen LogP contribution in [0, 0.1) is 11.7 Å². The van der Waals surface area contributed by atoms with Crippen molar-refractivity contribution in [1.82, 2.24) is 3.93 Å². The molecule has 1 heterocycles. The third-order valence-corrected chi connectivity index (χ3v) is 4.55. The summed E-state index contributed by atoms with van der Waals surface area (Å²) in [6, 6.07) is 15.3. The van der Waals surface area contributed by atoms with Gasteiger partial charge in [-0.15, -0.1) is 0 Å². The summed E-state index contributed by atoms with van der Waals surface area (Å²) in [5.74, 6) is -2.53. The van der Waals surface area contributed by atoms with Gasteiger partial charge in [-0.2, -0.15) is 0 Å². The fraction of sp³-hybridized carbons (Fsp3) is 0.176. The maximum absolute atomic E-state index is 13.7. The number of carbonyl (C=O) groups is 2. The van der Waals surface area contributed by atoms with Crippen molar-refractivity contribution >= 4 is 33.6 Å². The fourth-order valence-electron chi connectivity index (χ4n) is 2.76. The zero-order valence-corrected chi connectivity index (χ0v) is 13.7. The number of para-hydroxylation sites is 1. The summed E-state index contributed by atoms with van der Waals surface area (Å²) < 4.78 is 15.1. The van der Waals surface area contributed by atoms with Gasteiger partial charge in [0.2, 0.25) is 11.8 Å². The predicted octanol–water partition coefficient (Wildman–Crippen LogP) is 3.32. The number of nitrogens with one attached hydrogen (secondary N) is 1. The molecular weight excluding hydrogens is 363 g/mol. The van der Waals surface area contributed by atoms with Gasteiger partial charge in [-0.25, -0.2) is 4.39 Å². The highest BCUT2D eigenvalue weighted by Gasteiger charge is 2.45. The van der Waals surface area contributed by atoms with Crippen LogP contribution in [0.2, 0.25) is 0 Å². The topological polar surface area (TPSA) is 49.4 Å². The summed E-state index contributed by atoms with van der Waals surface area (Å²) in [6.07, 6.45) is 0. The lowest BCUT2D eigenvalue weighted by Crippen LogP contribution is -2.31. The van der Waals surface area contributed by atoms with Crippen LogP contribution in [0.25, 0.3) is 0 Å². The Hall–Kier alpha value is -2.21. The monoisotopic (exact) mass is 376 g/mol. The number of amides is 2. The highest BCUT2D eigenvalue weighted by Crippen LogP contribution is 2.36. The van der Waals surface area contributed by atoms with E-state index >= 15 is 0 Å². The summed E-state index contributed by atoms with van der Waals surface area (Å²) >= 11 is 3.18. The fourth-order valence-corrected chi connectivity index (χ4v) is 3.29. The molecule has 0 spiro atoms. The van der Waals surface area contributed by atoms with Crippen LogP contribution >= 0.6 is 16.1 Å². The highest BCUT2D eigenvalue weighted by atomic mass is 79.9. The number of benzene rings is 2. The average Bonchev–Trinajstić information content (AvgIpc) is 2.86. The zero-order chi connectivity index (χ0) is 16.4. The Bertz CT molecular complexity index is 738. The number of hydrogen-bond donors (Lipinski definition) is 1. The molecular formula is C17H14BrFN2O2. The van der Waals surface area contributed by atoms with Crippen LogP contribution in [0.5, 0.6) is 0 Å². The van der Waals surface area contributed by atoms with Gasteiger partial charge in [0.05, 0.1) is 21.8 Å². The summed E-state index contributed by atoms with van der Waals surface area (Å²) in [5, 5.41) is 2.52. The largest absolute Gasteiger partial charge is 0.323 e. The van der Waals surface area contributed by atoms with Gasteiger partial charge in [0.25, 0.3) is 0 Å². The summed E-state index contributed by atoms with van der Waals surface area (Å²) in [6.45, 7) is 0.387. The van der Waals surface area contributed by atoms with E-state index in [-0.39, 0.29) is 17.5 Å². The van der Waals surface area contributed by atoms with Gasteiger partial charge in [-0.05, 0) is 17.7 Å². The van der Waals surface area contributed by atoms with E-state index in [1.165, 1.54) is 16.1 Å². The van der Waals surface area contributed by atoms with E-state index in [0.717, 1.165) is 5.56 Å². The lowest BCUT2D eigenvalue weighted by molar-refractivity contribution is -0.132. The molecule has 0 radical (unpaired) electrons. The van der Waals surface area contributed by atoms with Gasteiger partial charge in [0.15, 0.2) is 0 Å². The van der Waals surface area contributed by atoms with Gasteiger partial charge in [0.1, 0.15) is 11.7 Å². The molecule has 2 atom stereocenters. The molecule has 0 aromatic heterocycles. The standard InChI is InChI=1S/C17H14BrFN2O2/c18-21-10-12(11-6-2-1-3-7-11)15(17(21)23)16(22)20-14-9-5-4-8-13(14)19/h1-9,12,15H,10H2,(H,20,22). The Morgan fingerprint density at radius 2 is 1.78 bits per heavy atom. The van der Waals surface area contributed by atoms with Crippen molar-refractivity contribution < 1.29 is 14.0 Å². The summed E-state index contributed by atoms with van der Waals surface area (Å²) in [4.78, 5) is 24.9. The van der Waals surface area contributed by atoms with Gasteiger partial charge in [-0.1, -0.05) is 42.5 Å². The second-order valence-corrected chi connectivity index (χ2v) is 6.20. The first kappa shape index (κ1) is 15.7. The van der Waals surface area contributed by atoms with E-state index in [2.05, 4.69) is 21.5 Å². The Labute approximate surface area is 141 Å². The van der Waals surface area contributed by atoms with Gasteiger partial charge >= 0.3 is 0 Å². The predicted molar refractivity (Wildman–Crippen MR) is 88.3 cm³/mol. The van der Waals surface area contributed by atoms with E-state index in [1.54, 1.807) is 12.1 Å². The van der Waals surface area contributed by atoms with Crippen LogP contribution in [0.15, 0.2) is 54.6 Å². The zero-order valence-electron chi connectivity index (χ0n) is 12.1. The van der Waals surface area contributed by atoms with Gasteiger partial charge in [-0.3, -0.25) is 13.5 Å². The normalized spacial score (nSPS) is 20.6. The average molecular weight is 377 g/mol. The number of rotatable bonds is 3. The highest BCUT2D eigenvalue weighted by molar-refractivity contribution is 9.07. The van der Waals surface area contributed by atoms with Crippen LogP contribution in [0.4, 0.5) is 10.1 Å². The Morgan fingerprint density at radius 3 is 2.48 bits per heavy atom. The van der Waals surface area contributed by atoms with Crippen molar-refractivity contribution in [2.45, 2.75) is 5.92 Å². The second-order valence-electron chi connectivity index (χ2n) is 5.35. The van der Waals surface area contributed by atoms with E-state index in [1.807, 2.05) is 30.3 Å². The summed E-state index contributed by atoms with van der Waals surface area (Å²) in [7, 11) is 0. The van der Waals surface area contributed by atoms with Crippen LogP contribution in [-0.4, -0.2) is 22.3 Å². The first-order valence-corrected chi connectivity index (χ1v) is 7.86. The quantitative estimate of drug-likeness (QED) is 0.659. The molecule has 4 nitrogen and oxygen atoms in total. The van der Waals surface area contributed by atoms with Crippen LogP contribution < -0.4 is 5.32 Å². The number of halogens is 2. The van der Waals surface area contributed by atoms with E-state index < -0.39 is 17.6 Å². The van der Waals surface area contributed by atoms with Crippen molar-refractivity contribution in [3.05, 3.63) is 66.0 Å². The lowest BCUT2D eigenvalue weighted by Gasteiger charge is -2.17. The molecule has 6 heteroatoms. The van der Waals surface area contributed by atoms with Gasteiger partial charge in [0, 0.05) is 12.5 Å². The molecule has 0 saturated carbocycles. The number of carbonyl (C=O) groups excluding carboxylic acids is 2. The van der Waals surface area contributed by atoms with E-state index in [9.17, 15) is 14.0 Å². The SMILES string of the molecule is O=C(Nc1ccccc1F)C1C(=O)N(Br)CC1c1ccccc1. The number of hydrogen-bond acceptors (Lipinski definition) is 2. The Morgan fingerprint density at radius 1 is 1.13 bits per heavy atom. The molecule has 1 aliphatic heterocycles. The van der Waals surface area contributed by atoms with Crippen LogP contribution in [0.3, 0.4) is 0 Å². The van der Waals surface area contributed by atoms with Crippen LogP contribution in [0.1, 0.15) is 11.5 Å². The van der Waals surface area contributed by atoms with Crippen molar-refractivity contribution in [1.29, 1.82) is 0 Å². The molecule has 1 fully saturated rings. The van der Waals surface area contributed by atoms with Crippen molar-refractivity contribution in [3.63, 3.8) is 0 Å². The molecule has 2 aromatic rings. The molecule has 0 bridgehead atoms. The minimum atomic E-state index is -0.892. The molecule has 23 heavy (non-hydrogen) atoms. The van der Waals surface area contributed by atoms with Crippen molar-refractivity contribution in [2.75, 3.05) is 11.9 Å². The minimum absolute atomic E-state index is 0.0742. The smallest absolute Gasteiger partial charge is 0.245 e. The van der Waals surface area contributed by atoms with Crippen molar-refractivity contribution in [3.8, 4) is 0 Å². The van der Waals surface area contributed by atoms with Crippen molar-refractivity contribution in [2.24, 2.45) is 5.92 Å². The molecule has 3 rings (SSSR count). The maximum atomic E-state index is 13.7. The lowest BCUT2D eigenvalue weighted by atomic mass is 9.88. The Kier molecular flexibility index (Phi) is 4.43. The third kappa shape index (κ3) is 3.12. The van der Waals surface area contributed by atoms with Gasteiger partial charge < -0.3 is 5.32 Å². The first-order valence-electron chi connectivity index (χ1n) is 7.15. The van der Waals surface area contributed by atoms with E-state index in [0.29, 0.717) is 6.54 Å². The molecule has 1 saturated heterocycles. The maximum Gasteiger partial charge on any atom is 0.245 e. The second kappa shape index (κ2) is 6.50.